The van der Waals surface area contributed by atoms with Crippen LogP contribution in [0.25, 0.3) is 10.9 Å². The summed E-state index contributed by atoms with van der Waals surface area (Å²) < 4.78 is 6.50. The van der Waals surface area contributed by atoms with Crippen LogP contribution in [-0.2, 0) is 6.54 Å². The second-order valence-electron chi connectivity index (χ2n) is 3.32. The van der Waals surface area contributed by atoms with Gasteiger partial charge >= 0.3 is 0 Å². The van der Waals surface area contributed by atoms with Crippen LogP contribution in [-0.4, -0.2) is 28.4 Å². The van der Waals surface area contributed by atoms with Crippen LogP contribution in [0.4, 0.5) is 0 Å². The number of benzene rings is 1. The molecule has 0 saturated carbocycles. The standard InChI is InChI=1S/C11H12N2O3/c1-16-9-4-2-3-8-10(9)12-7-13(5-6-14)11(8)15/h2-4,7,14H,5-6H2,1H3. The molecule has 0 fully saturated rings. The quantitative estimate of drug-likeness (QED) is 0.813. The third-order valence-electron chi connectivity index (χ3n) is 2.38. The molecule has 16 heavy (non-hydrogen) atoms. The molecule has 0 unspecified atom stereocenters. The second-order valence-corrected chi connectivity index (χ2v) is 3.32. The molecular weight excluding hydrogens is 208 g/mol. The molecule has 0 spiro atoms. The van der Waals surface area contributed by atoms with E-state index in [1.165, 1.54) is 18.0 Å². The number of aliphatic hydroxyl groups excluding tert-OH is 1. The summed E-state index contributed by atoms with van der Waals surface area (Å²) in [5.74, 6) is 0.575. The summed E-state index contributed by atoms with van der Waals surface area (Å²) in [5, 5.41) is 9.30. The van der Waals surface area contributed by atoms with Crippen LogP contribution >= 0.6 is 0 Å². The van der Waals surface area contributed by atoms with Crippen LogP contribution in [0.1, 0.15) is 0 Å². The van der Waals surface area contributed by atoms with Gasteiger partial charge in [-0.15, -0.1) is 0 Å². The highest BCUT2D eigenvalue weighted by Crippen LogP contribution is 2.19. The first-order chi connectivity index (χ1) is 7.77. The zero-order valence-electron chi connectivity index (χ0n) is 8.88. The molecule has 0 amide bonds. The summed E-state index contributed by atoms with van der Waals surface area (Å²) in [6.45, 7) is 0.163. The lowest BCUT2D eigenvalue weighted by atomic mass is 10.2. The SMILES string of the molecule is COc1cccc2c(=O)n(CCO)cnc12. The van der Waals surface area contributed by atoms with Crippen molar-refractivity contribution in [2.75, 3.05) is 13.7 Å². The van der Waals surface area contributed by atoms with Crippen LogP contribution < -0.4 is 10.3 Å². The number of aliphatic hydroxyl groups is 1. The van der Waals surface area contributed by atoms with E-state index in [2.05, 4.69) is 4.98 Å². The molecular formula is C11H12N2O3. The smallest absolute Gasteiger partial charge is 0.261 e. The van der Waals surface area contributed by atoms with E-state index in [1.54, 1.807) is 18.2 Å². The van der Waals surface area contributed by atoms with E-state index < -0.39 is 0 Å². The fourth-order valence-electron chi connectivity index (χ4n) is 1.59. The molecule has 84 valence electrons. The topological polar surface area (TPSA) is 64.3 Å². The van der Waals surface area contributed by atoms with Crippen molar-refractivity contribution in [2.45, 2.75) is 6.54 Å². The number of nitrogens with zero attached hydrogens (tertiary/aromatic N) is 2. The third kappa shape index (κ3) is 1.65. The Balaban J connectivity index is 2.71. The van der Waals surface area contributed by atoms with Crippen molar-refractivity contribution in [2.24, 2.45) is 0 Å². The van der Waals surface area contributed by atoms with E-state index in [0.717, 1.165) is 0 Å². The molecule has 2 rings (SSSR count). The number of rotatable bonds is 3. The molecule has 5 nitrogen and oxygen atoms in total. The Hall–Kier alpha value is -1.88. The Morgan fingerprint density at radius 1 is 1.50 bits per heavy atom. The Kier molecular flexibility index (Phi) is 2.87. The van der Waals surface area contributed by atoms with Crippen molar-refractivity contribution < 1.29 is 9.84 Å². The van der Waals surface area contributed by atoms with Gasteiger partial charge in [0.1, 0.15) is 11.3 Å². The number of fused-ring (bicyclic) bond motifs is 1. The van der Waals surface area contributed by atoms with Gasteiger partial charge in [-0.2, -0.15) is 0 Å². The Morgan fingerprint density at radius 3 is 3.00 bits per heavy atom. The van der Waals surface area contributed by atoms with Crippen LogP contribution in [0.5, 0.6) is 5.75 Å². The summed E-state index contributed by atoms with van der Waals surface area (Å²) in [4.78, 5) is 16.1. The second kappa shape index (κ2) is 4.32. The maximum absolute atomic E-state index is 11.9. The van der Waals surface area contributed by atoms with Crippen LogP contribution in [0, 0.1) is 0 Å². The van der Waals surface area contributed by atoms with Gasteiger partial charge in [0, 0.05) is 0 Å². The van der Waals surface area contributed by atoms with E-state index in [4.69, 9.17) is 9.84 Å². The highest BCUT2D eigenvalue weighted by Gasteiger charge is 2.07. The van der Waals surface area contributed by atoms with E-state index in [0.29, 0.717) is 16.7 Å². The third-order valence-corrected chi connectivity index (χ3v) is 2.38. The number of hydrogen-bond acceptors (Lipinski definition) is 4. The van der Waals surface area contributed by atoms with Crippen molar-refractivity contribution in [3.05, 3.63) is 34.9 Å². The lowest BCUT2D eigenvalue weighted by molar-refractivity contribution is 0.274. The maximum Gasteiger partial charge on any atom is 0.261 e. The normalized spacial score (nSPS) is 10.6. The van der Waals surface area contributed by atoms with E-state index in [9.17, 15) is 4.79 Å². The summed E-state index contributed by atoms with van der Waals surface area (Å²) in [7, 11) is 1.54. The molecule has 1 N–H and O–H groups in total. The summed E-state index contributed by atoms with van der Waals surface area (Å²) in [6.07, 6.45) is 1.42. The number of ether oxygens (including phenoxy) is 1. The predicted molar refractivity (Wildman–Crippen MR) is 59.6 cm³/mol. The zero-order chi connectivity index (χ0) is 11.5. The average molecular weight is 220 g/mol. The minimum atomic E-state index is -0.169. The lowest BCUT2D eigenvalue weighted by Gasteiger charge is -2.06. The van der Waals surface area contributed by atoms with Crippen LogP contribution in [0.3, 0.4) is 0 Å². The van der Waals surface area contributed by atoms with Crippen molar-refractivity contribution in [3.8, 4) is 5.75 Å². The van der Waals surface area contributed by atoms with Gasteiger partial charge in [0.25, 0.3) is 5.56 Å². The first-order valence-corrected chi connectivity index (χ1v) is 4.91. The van der Waals surface area contributed by atoms with Crippen molar-refractivity contribution in [3.63, 3.8) is 0 Å². The zero-order valence-corrected chi connectivity index (χ0v) is 8.88. The number of para-hydroxylation sites is 1. The minimum Gasteiger partial charge on any atom is -0.494 e. The van der Waals surface area contributed by atoms with Gasteiger partial charge in [-0.3, -0.25) is 9.36 Å². The Labute approximate surface area is 91.9 Å². The van der Waals surface area contributed by atoms with Crippen molar-refractivity contribution in [1.82, 2.24) is 9.55 Å². The monoisotopic (exact) mass is 220 g/mol. The summed E-state index contributed by atoms with van der Waals surface area (Å²) >= 11 is 0. The molecule has 0 bridgehead atoms. The molecule has 1 heterocycles. The molecule has 0 aliphatic carbocycles. The minimum absolute atomic E-state index is 0.0862. The maximum atomic E-state index is 11.9. The first-order valence-electron chi connectivity index (χ1n) is 4.91. The summed E-state index contributed by atoms with van der Waals surface area (Å²) in [6, 6.07) is 5.19. The van der Waals surface area contributed by atoms with Gasteiger partial charge in [-0.1, -0.05) is 6.07 Å². The molecule has 0 radical (unpaired) electrons. The molecule has 0 atom stereocenters. The highest BCUT2D eigenvalue weighted by molar-refractivity contribution is 5.83. The largest absolute Gasteiger partial charge is 0.494 e. The highest BCUT2D eigenvalue weighted by atomic mass is 16.5. The molecule has 5 heteroatoms. The molecule has 0 aliphatic rings. The molecule has 2 aromatic rings. The molecule has 0 aliphatic heterocycles. The summed E-state index contributed by atoms with van der Waals surface area (Å²) in [5.41, 5.74) is 0.377. The fraction of sp³-hybridized carbons (Fsp3) is 0.273. The number of aromatic nitrogens is 2. The van der Waals surface area contributed by atoms with Crippen LogP contribution in [0.15, 0.2) is 29.3 Å². The van der Waals surface area contributed by atoms with Gasteiger partial charge in [0.05, 0.1) is 32.0 Å². The van der Waals surface area contributed by atoms with E-state index >= 15 is 0 Å². The van der Waals surface area contributed by atoms with Gasteiger partial charge in [0.2, 0.25) is 0 Å². The predicted octanol–water partition coefficient (Wildman–Crippen LogP) is 0.397. The fourth-order valence-corrected chi connectivity index (χ4v) is 1.59. The van der Waals surface area contributed by atoms with Crippen LogP contribution in [0.2, 0.25) is 0 Å². The molecule has 1 aromatic carbocycles. The molecule has 1 aromatic heterocycles. The number of hydrogen-bond donors (Lipinski definition) is 1. The van der Waals surface area contributed by atoms with Gasteiger partial charge in [-0.05, 0) is 12.1 Å². The number of methoxy groups -OCH3 is 1. The van der Waals surface area contributed by atoms with Gasteiger partial charge in [-0.25, -0.2) is 4.98 Å². The van der Waals surface area contributed by atoms with E-state index in [1.807, 2.05) is 0 Å². The van der Waals surface area contributed by atoms with Crippen molar-refractivity contribution in [1.29, 1.82) is 0 Å². The lowest BCUT2D eigenvalue weighted by Crippen LogP contribution is -2.22. The van der Waals surface area contributed by atoms with Gasteiger partial charge in [0.15, 0.2) is 0 Å². The average Bonchev–Trinajstić information content (AvgIpc) is 2.32. The van der Waals surface area contributed by atoms with E-state index in [-0.39, 0.29) is 18.7 Å². The van der Waals surface area contributed by atoms with Gasteiger partial charge < -0.3 is 9.84 Å². The Morgan fingerprint density at radius 2 is 2.31 bits per heavy atom. The Bertz CT molecular complexity index is 563. The first kappa shape index (κ1) is 10.6. The molecule has 0 saturated heterocycles. The van der Waals surface area contributed by atoms with Crippen molar-refractivity contribution >= 4 is 10.9 Å².